The largest absolute Gasteiger partial charge is 0.407 e. The summed E-state index contributed by atoms with van der Waals surface area (Å²) >= 11 is 0. The van der Waals surface area contributed by atoms with Gasteiger partial charge >= 0.3 is 6.01 Å². The summed E-state index contributed by atoms with van der Waals surface area (Å²) in [6, 6.07) is 6.35. The van der Waals surface area contributed by atoms with Gasteiger partial charge in [0.05, 0.1) is 6.42 Å². The first-order valence-electron chi connectivity index (χ1n) is 5.70. The highest BCUT2D eigenvalue weighted by atomic mass is 16.4. The fourth-order valence-electron chi connectivity index (χ4n) is 1.73. The quantitative estimate of drug-likeness (QED) is 0.900. The number of anilines is 1. The normalized spacial score (nSPS) is 10.4. The average molecular weight is 245 g/mol. The van der Waals surface area contributed by atoms with E-state index < -0.39 is 0 Å². The van der Waals surface area contributed by atoms with Crippen LogP contribution in [0, 0.1) is 13.8 Å². The smallest absolute Gasteiger partial charge is 0.322 e. The zero-order valence-corrected chi connectivity index (χ0v) is 10.7. The van der Waals surface area contributed by atoms with E-state index in [1.807, 2.05) is 19.1 Å². The van der Waals surface area contributed by atoms with Gasteiger partial charge in [-0.2, -0.15) is 0 Å². The molecule has 5 nitrogen and oxygen atoms in total. The number of aryl methyl sites for hydroxylation is 2. The molecule has 0 aliphatic heterocycles. The summed E-state index contributed by atoms with van der Waals surface area (Å²) in [5, 5.41) is 10.1. The van der Waals surface area contributed by atoms with Crippen LogP contribution >= 0.6 is 0 Å². The topological polar surface area (TPSA) is 68.0 Å². The number of amides is 1. The van der Waals surface area contributed by atoms with Gasteiger partial charge in [0.15, 0.2) is 0 Å². The molecule has 0 saturated heterocycles. The van der Waals surface area contributed by atoms with Gasteiger partial charge in [-0.15, -0.1) is 5.10 Å². The molecular weight excluding hydrogens is 230 g/mol. The van der Waals surface area contributed by atoms with Crippen LogP contribution in [0.3, 0.4) is 0 Å². The van der Waals surface area contributed by atoms with Crippen LogP contribution in [0.1, 0.15) is 29.5 Å². The van der Waals surface area contributed by atoms with E-state index in [2.05, 4.69) is 28.5 Å². The molecule has 0 atom stereocenters. The van der Waals surface area contributed by atoms with E-state index in [1.165, 1.54) is 18.1 Å². The average Bonchev–Trinajstić information content (AvgIpc) is 2.69. The minimum absolute atomic E-state index is 0.141. The van der Waals surface area contributed by atoms with Gasteiger partial charge in [-0.25, -0.2) is 0 Å². The Morgan fingerprint density at radius 1 is 1.33 bits per heavy atom. The molecule has 1 aromatic heterocycles. The third kappa shape index (κ3) is 2.94. The molecule has 2 rings (SSSR count). The van der Waals surface area contributed by atoms with Crippen LogP contribution in [0.4, 0.5) is 6.01 Å². The van der Waals surface area contributed by atoms with Gasteiger partial charge in [0.25, 0.3) is 0 Å². The molecule has 0 fully saturated rings. The predicted octanol–water partition coefficient (Wildman–Crippen LogP) is 2.24. The zero-order chi connectivity index (χ0) is 13.1. The number of hydrogen-bond acceptors (Lipinski definition) is 4. The van der Waals surface area contributed by atoms with Crippen molar-refractivity contribution in [3.05, 3.63) is 40.8 Å². The standard InChI is InChI=1S/C13H15N3O2/c1-8-4-5-11(9(2)6-8)7-12-15-16-13(18-12)14-10(3)17/h4-6H,7H2,1-3H3,(H,14,16,17). The Hall–Kier alpha value is -2.17. The molecule has 2 aromatic rings. The summed E-state index contributed by atoms with van der Waals surface area (Å²) in [7, 11) is 0. The van der Waals surface area contributed by atoms with Crippen LogP contribution in [-0.2, 0) is 11.2 Å². The van der Waals surface area contributed by atoms with Crippen molar-refractivity contribution in [3.63, 3.8) is 0 Å². The molecule has 0 aliphatic carbocycles. The molecule has 0 radical (unpaired) electrons. The highest BCUT2D eigenvalue weighted by Gasteiger charge is 2.09. The van der Waals surface area contributed by atoms with E-state index >= 15 is 0 Å². The Bertz CT molecular complexity index is 575. The Morgan fingerprint density at radius 3 is 2.78 bits per heavy atom. The lowest BCUT2D eigenvalue weighted by molar-refractivity contribution is -0.114. The first kappa shape index (κ1) is 12.3. The van der Waals surface area contributed by atoms with Crippen molar-refractivity contribution < 1.29 is 9.21 Å². The Labute approximate surface area is 105 Å². The van der Waals surface area contributed by atoms with E-state index in [4.69, 9.17) is 4.42 Å². The molecule has 0 unspecified atom stereocenters. The second-order valence-corrected chi connectivity index (χ2v) is 4.29. The van der Waals surface area contributed by atoms with Gasteiger partial charge < -0.3 is 4.42 Å². The highest BCUT2D eigenvalue weighted by Crippen LogP contribution is 2.16. The molecular formula is C13H15N3O2. The minimum Gasteiger partial charge on any atom is -0.407 e. The van der Waals surface area contributed by atoms with Gasteiger partial charge in [-0.3, -0.25) is 10.1 Å². The summed E-state index contributed by atoms with van der Waals surface area (Å²) in [6.45, 7) is 5.50. The third-order valence-electron chi connectivity index (χ3n) is 2.59. The number of carbonyl (C=O) groups excluding carboxylic acids is 1. The molecule has 1 amide bonds. The lowest BCUT2D eigenvalue weighted by Gasteiger charge is -2.03. The van der Waals surface area contributed by atoms with Crippen molar-refractivity contribution in [1.29, 1.82) is 0 Å². The van der Waals surface area contributed by atoms with Gasteiger partial charge in [0, 0.05) is 6.92 Å². The minimum atomic E-state index is -0.225. The van der Waals surface area contributed by atoms with Crippen LogP contribution < -0.4 is 5.32 Å². The first-order chi connectivity index (χ1) is 8.54. The van der Waals surface area contributed by atoms with Crippen molar-refractivity contribution in [2.24, 2.45) is 0 Å². The lowest BCUT2D eigenvalue weighted by atomic mass is 10.0. The summed E-state index contributed by atoms with van der Waals surface area (Å²) in [6.07, 6.45) is 0.568. The van der Waals surface area contributed by atoms with Crippen molar-refractivity contribution in [3.8, 4) is 0 Å². The number of nitrogens with one attached hydrogen (secondary N) is 1. The van der Waals surface area contributed by atoms with E-state index in [-0.39, 0.29) is 11.9 Å². The van der Waals surface area contributed by atoms with Crippen LogP contribution in [-0.4, -0.2) is 16.1 Å². The molecule has 5 heteroatoms. The second-order valence-electron chi connectivity index (χ2n) is 4.29. The van der Waals surface area contributed by atoms with Crippen molar-refractivity contribution in [1.82, 2.24) is 10.2 Å². The summed E-state index contributed by atoms with van der Waals surface area (Å²) in [5.41, 5.74) is 3.55. The maximum Gasteiger partial charge on any atom is 0.322 e. The summed E-state index contributed by atoms with van der Waals surface area (Å²) in [4.78, 5) is 10.8. The summed E-state index contributed by atoms with van der Waals surface area (Å²) < 4.78 is 5.33. The van der Waals surface area contributed by atoms with Crippen LogP contribution in [0.25, 0.3) is 0 Å². The van der Waals surface area contributed by atoms with Crippen molar-refractivity contribution in [2.45, 2.75) is 27.2 Å². The molecule has 94 valence electrons. The number of benzene rings is 1. The highest BCUT2D eigenvalue weighted by molar-refractivity contribution is 5.86. The SMILES string of the molecule is CC(=O)Nc1nnc(Cc2ccc(C)cc2C)o1. The van der Waals surface area contributed by atoms with Crippen LogP contribution in [0.5, 0.6) is 0 Å². The van der Waals surface area contributed by atoms with Gasteiger partial charge in [0.2, 0.25) is 11.8 Å². The van der Waals surface area contributed by atoms with E-state index in [1.54, 1.807) is 0 Å². The first-order valence-corrected chi connectivity index (χ1v) is 5.70. The number of hydrogen-bond donors (Lipinski definition) is 1. The predicted molar refractivity (Wildman–Crippen MR) is 67.3 cm³/mol. The maximum absolute atomic E-state index is 10.8. The number of carbonyl (C=O) groups is 1. The van der Waals surface area contributed by atoms with Gasteiger partial charge in [0.1, 0.15) is 0 Å². The molecule has 1 aromatic carbocycles. The van der Waals surface area contributed by atoms with Crippen LogP contribution in [0.2, 0.25) is 0 Å². The Balaban J connectivity index is 2.13. The van der Waals surface area contributed by atoms with Crippen molar-refractivity contribution >= 4 is 11.9 Å². The van der Waals surface area contributed by atoms with E-state index in [0.29, 0.717) is 12.3 Å². The number of nitrogens with zero attached hydrogens (tertiary/aromatic N) is 2. The monoisotopic (exact) mass is 245 g/mol. The lowest BCUT2D eigenvalue weighted by Crippen LogP contribution is -2.05. The molecule has 0 aliphatic rings. The number of aromatic nitrogens is 2. The van der Waals surface area contributed by atoms with E-state index in [0.717, 1.165) is 5.56 Å². The maximum atomic E-state index is 10.8. The number of rotatable bonds is 3. The Morgan fingerprint density at radius 2 is 2.11 bits per heavy atom. The fourth-order valence-corrected chi connectivity index (χ4v) is 1.73. The van der Waals surface area contributed by atoms with Crippen LogP contribution in [0.15, 0.2) is 22.6 Å². The molecule has 0 bridgehead atoms. The molecule has 1 N–H and O–H groups in total. The van der Waals surface area contributed by atoms with Crippen molar-refractivity contribution in [2.75, 3.05) is 5.32 Å². The van der Waals surface area contributed by atoms with Gasteiger partial charge in [-0.1, -0.05) is 28.9 Å². The summed E-state index contributed by atoms with van der Waals surface area (Å²) in [5.74, 6) is 0.266. The Kier molecular flexibility index (Phi) is 3.41. The molecule has 18 heavy (non-hydrogen) atoms. The molecule has 0 spiro atoms. The zero-order valence-electron chi connectivity index (χ0n) is 10.7. The third-order valence-corrected chi connectivity index (χ3v) is 2.59. The second kappa shape index (κ2) is 5.00. The molecule has 0 saturated carbocycles. The fraction of sp³-hybridized carbons (Fsp3) is 0.308. The van der Waals surface area contributed by atoms with Gasteiger partial charge in [-0.05, 0) is 25.0 Å². The van der Waals surface area contributed by atoms with E-state index in [9.17, 15) is 4.79 Å². The molecule has 1 heterocycles.